The van der Waals surface area contributed by atoms with Gasteiger partial charge in [-0.05, 0) is 45.9 Å². The molecule has 0 aliphatic rings. The molecule has 3 aromatic rings. The number of aromatic nitrogens is 3. The predicted octanol–water partition coefficient (Wildman–Crippen LogP) is 3.91. The second-order valence-corrected chi connectivity index (χ2v) is 5.99. The number of nitrogens with zero attached hydrogens (tertiary/aromatic N) is 4. The van der Waals surface area contributed by atoms with Gasteiger partial charge in [0.05, 0.1) is 17.6 Å². The van der Waals surface area contributed by atoms with E-state index in [2.05, 4.69) is 15.3 Å². The van der Waals surface area contributed by atoms with Gasteiger partial charge in [-0.25, -0.2) is 4.68 Å². The highest BCUT2D eigenvalue weighted by atomic mass is 35.5. The third kappa shape index (κ3) is 2.57. The van der Waals surface area contributed by atoms with E-state index >= 15 is 0 Å². The first-order chi connectivity index (χ1) is 10.9. The monoisotopic (exact) mass is 328 g/mol. The van der Waals surface area contributed by atoms with E-state index in [0.717, 1.165) is 33.5 Å². The summed E-state index contributed by atoms with van der Waals surface area (Å²) in [4.78, 5) is 0. The first-order valence-corrected chi connectivity index (χ1v) is 7.62. The molecule has 2 heterocycles. The maximum absolute atomic E-state index is 9.90. The number of halogens is 1. The van der Waals surface area contributed by atoms with Crippen LogP contribution in [0.3, 0.4) is 0 Å². The van der Waals surface area contributed by atoms with Crippen LogP contribution in [0.1, 0.15) is 28.3 Å². The van der Waals surface area contributed by atoms with Gasteiger partial charge in [0.1, 0.15) is 5.75 Å². The Labute approximate surface area is 139 Å². The molecule has 0 radical (unpaired) electrons. The maximum Gasteiger partial charge on any atom is 0.124 e. The van der Waals surface area contributed by atoms with Crippen LogP contribution in [0, 0.1) is 27.7 Å². The molecule has 0 saturated heterocycles. The zero-order valence-corrected chi connectivity index (χ0v) is 14.2. The molecule has 0 spiro atoms. The molecule has 6 heteroatoms. The minimum absolute atomic E-state index is 0.140. The molecule has 3 rings (SSSR count). The Morgan fingerprint density at radius 3 is 2.17 bits per heavy atom. The fourth-order valence-corrected chi connectivity index (χ4v) is 3.06. The van der Waals surface area contributed by atoms with Crippen molar-refractivity contribution in [1.29, 1.82) is 0 Å². The Bertz CT molecular complexity index is 899. The molecule has 1 N–H and O–H groups in total. The largest absolute Gasteiger partial charge is 0.507 e. The molecule has 0 aliphatic carbocycles. The van der Waals surface area contributed by atoms with Gasteiger partial charge in [0.25, 0.3) is 0 Å². The Balaban J connectivity index is 2.18. The van der Waals surface area contributed by atoms with E-state index in [0.29, 0.717) is 10.6 Å². The van der Waals surface area contributed by atoms with Crippen LogP contribution in [0.4, 0.5) is 0 Å². The molecule has 0 bridgehead atoms. The van der Waals surface area contributed by atoms with Crippen LogP contribution in [0.25, 0.3) is 10.8 Å². The van der Waals surface area contributed by atoms with E-state index in [1.165, 1.54) is 0 Å². The SMILES string of the molecule is Cc1nnc(C)c2c(C)n(N=Cc3cc(Cl)ccc3O)c(C)c12. The van der Waals surface area contributed by atoms with E-state index in [1.807, 2.05) is 32.4 Å². The van der Waals surface area contributed by atoms with Gasteiger partial charge in [-0.1, -0.05) is 11.6 Å². The van der Waals surface area contributed by atoms with Crippen LogP contribution in [-0.4, -0.2) is 26.2 Å². The predicted molar refractivity (Wildman–Crippen MR) is 92.6 cm³/mol. The van der Waals surface area contributed by atoms with Crippen LogP contribution in [0.2, 0.25) is 5.02 Å². The Morgan fingerprint density at radius 1 is 1.04 bits per heavy atom. The van der Waals surface area contributed by atoms with Crippen LogP contribution in [-0.2, 0) is 0 Å². The van der Waals surface area contributed by atoms with E-state index in [4.69, 9.17) is 11.6 Å². The van der Waals surface area contributed by atoms with E-state index < -0.39 is 0 Å². The number of phenols is 1. The number of fused-ring (bicyclic) bond motifs is 1. The van der Waals surface area contributed by atoms with Crippen molar-refractivity contribution in [3.05, 3.63) is 51.6 Å². The molecule has 118 valence electrons. The highest BCUT2D eigenvalue weighted by Gasteiger charge is 2.16. The zero-order chi connectivity index (χ0) is 16.7. The summed E-state index contributed by atoms with van der Waals surface area (Å²) in [5, 5.41) is 25.5. The Hall–Kier alpha value is -2.40. The average molecular weight is 329 g/mol. The lowest BCUT2D eigenvalue weighted by molar-refractivity contribution is 0.474. The van der Waals surface area contributed by atoms with Crippen LogP contribution in [0.15, 0.2) is 23.3 Å². The number of hydrogen-bond acceptors (Lipinski definition) is 4. The molecule has 0 fully saturated rings. The summed E-state index contributed by atoms with van der Waals surface area (Å²) in [7, 11) is 0. The molecule has 1 aromatic carbocycles. The van der Waals surface area contributed by atoms with Crippen molar-refractivity contribution < 1.29 is 5.11 Å². The molecular weight excluding hydrogens is 312 g/mol. The summed E-state index contributed by atoms with van der Waals surface area (Å²) in [6.45, 7) is 7.88. The Morgan fingerprint density at radius 2 is 1.61 bits per heavy atom. The number of phenolic OH excluding ortho intramolecular Hbond substituents is 1. The summed E-state index contributed by atoms with van der Waals surface area (Å²) in [6, 6.07) is 4.87. The van der Waals surface area contributed by atoms with Gasteiger partial charge in [0.2, 0.25) is 0 Å². The minimum Gasteiger partial charge on any atom is -0.507 e. The lowest BCUT2D eigenvalue weighted by Gasteiger charge is -2.03. The second-order valence-electron chi connectivity index (χ2n) is 5.55. The topological polar surface area (TPSA) is 63.3 Å². The van der Waals surface area contributed by atoms with Gasteiger partial charge in [-0.3, -0.25) is 0 Å². The van der Waals surface area contributed by atoms with Crippen LogP contribution in [0.5, 0.6) is 5.75 Å². The van der Waals surface area contributed by atoms with Gasteiger partial charge < -0.3 is 5.11 Å². The lowest BCUT2D eigenvalue weighted by atomic mass is 10.1. The van der Waals surface area contributed by atoms with Gasteiger partial charge in [-0.15, -0.1) is 0 Å². The first-order valence-electron chi connectivity index (χ1n) is 7.24. The average Bonchev–Trinajstić information content (AvgIpc) is 2.77. The van der Waals surface area contributed by atoms with Crippen molar-refractivity contribution in [2.75, 3.05) is 0 Å². The van der Waals surface area contributed by atoms with E-state index in [1.54, 1.807) is 24.4 Å². The summed E-state index contributed by atoms with van der Waals surface area (Å²) >= 11 is 5.97. The normalized spacial score (nSPS) is 11.7. The van der Waals surface area contributed by atoms with Crippen LogP contribution >= 0.6 is 11.6 Å². The highest BCUT2D eigenvalue weighted by molar-refractivity contribution is 6.30. The molecule has 2 aromatic heterocycles. The maximum atomic E-state index is 9.90. The number of aryl methyl sites for hydroxylation is 4. The van der Waals surface area contributed by atoms with Gasteiger partial charge in [0, 0.05) is 32.7 Å². The van der Waals surface area contributed by atoms with Crippen molar-refractivity contribution >= 4 is 28.6 Å². The van der Waals surface area contributed by atoms with Gasteiger partial charge >= 0.3 is 0 Å². The zero-order valence-electron chi connectivity index (χ0n) is 13.4. The first kappa shape index (κ1) is 15.5. The summed E-state index contributed by atoms with van der Waals surface area (Å²) in [5.41, 5.74) is 4.31. The number of benzene rings is 1. The number of hydrogen-bond donors (Lipinski definition) is 1. The quantitative estimate of drug-likeness (QED) is 0.725. The van der Waals surface area contributed by atoms with Gasteiger partial charge in [-0.2, -0.15) is 15.3 Å². The van der Waals surface area contributed by atoms with Crippen LogP contribution < -0.4 is 0 Å². The molecule has 0 amide bonds. The molecule has 0 aliphatic heterocycles. The van der Waals surface area contributed by atoms with E-state index in [-0.39, 0.29) is 5.75 Å². The summed E-state index contributed by atoms with van der Waals surface area (Å²) in [5.74, 6) is 0.140. The summed E-state index contributed by atoms with van der Waals surface area (Å²) < 4.78 is 1.84. The smallest absolute Gasteiger partial charge is 0.124 e. The van der Waals surface area contributed by atoms with Crippen molar-refractivity contribution in [3.63, 3.8) is 0 Å². The van der Waals surface area contributed by atoms with E-state index in [9.17, 15) is 5.11 Å². The van der Waals surface area contributed by atoms with Crippen molar-refractivity contribution in [3.8, 4) is 5.75 Å². The van der Waals surface area contributed by atoms with Crippen molar-refractivity contribution in [2.45, 2.75) is 27.7 Å². The van der Waals surface area contributed by atoms with Crippen molar-refractivity contribution in [1.82, 2.24) is 14.9 Å². The molecule has 0 saturated carbocycles. The molecule has 0 atom stereocenters. The van der Waals surface area contributed by atoms with Gasteiger partial charge in [0.15, 0.2) is 0 Å². The third-order valence-corrected chi connectivity index (χ3v) is 4.22. The fraction of sp³-hybridized carbons (Fsp3) is 0.235. The second kappa shape index (κ2) is 5.66. The molecular formula is C17H17ClN4O. The fourth-order valence-electron chi connectivity index (χ4n) is 2.88. The molecule has 23 heavy (non-hydrogen) atoms. The standard InChI is InChI=1S/C17H17ClN4O/c1-9-16-11(3)22(12(4)17(16)10(2)21-20-9)19-8-13-7-14(18)5-6-15(13)23/h5-8,23H,1-4H3. The molecule has 0 unspecified atom stereocenters. The molecule has 5 nitrogen and oxygen atoms in total. The highest BCUT2D eigenvalue weighted by Crippen LogP contribution is 2.29. The lowest BCUT2D eigenvalue weighted by Crippen LogP contribution is -1.96. The Kier molecular flexibility index (Phi) is 3.82. The minimum atomic E-state index is 0.140. The van der Waals surface area contributed by atoms with Crippen molar-refractivity contribution in [2.24, 2.45) is 5.10 Å². The summed E-state index contributed by atoms with van der Waals surface area (Å²) in [6.07, 6.45) is 1.60. The third-order valence-electron chi connectivity index (χ3n) is 3.98. The number of rotatable bonds is 2. The number of aromatic hydroxyl groups is 1.